The number of ether oxygens (including phenoxy) is 1. The minimum atomic E-state index is -0.518. The zero-order chi connectivity index (χ0) is 25.3. The van der Waals surface area contributed by atoms with Crippen LogP contribution in [0.4, 0.5) is 10.5 Å². The van der Waals surface area contributed by atoms with Gasteiger partial charge in [-0.1, -0.05) is 12.1 Å². The lowest BCUT2D eigenvalue weighted by atomic mass is 10.2. The van der Waals surface area contributed by atoms with Gasteiger partial charge in [0.1, 0.15) is 0 Å². The largest absolute Gasteiger partial charge is 0.465 e. The van der Waals surface area contributed by atoms with Crippen LogP contribution in [0.15, 0.2) is 59.5 Å². The number of thioether (sulfide) groups is 1. The molecular formula is C25H21N3O6S. The molecule has 2 amide bonds. The van der Waals surface area contributed by atoms with Crippen molar-refractivity contribution in [1.82, 2.24) is 9.47 Å². The SMILES string of the molecule is COC(=O)c1ccc(-n2c(C)cc(C=C3SC(=O)N(Cc4cccc([N+](=O)[O-])c4)C3=O)c2C)cc1. The number of nitro groups is 1. The van der Waals surface area contributed by atoms with Crippen LogP contribution in [0, 0.1) is 24.0 Å². The number of non-ortho nitro benzene ring substituents is 1. The Labute approximate surface area is 205 Å². The normalized spacial score (nSPS) is 14.6. The predicted molar refractivity (Wildman–Crippen MR) is 131 cm³/mol. The number of rotatable bonds is 6. The standard InChI is InChI=1S/C25H21N3O6S/c1-15-11-19(16(2)27(15)20-9-7-18(8-10-20)24(30)34-3)13-22-23(29)26(25(31)35-22)14-17-5-4-6-21(12-17)28(32)33/h4-13H,14H2,1-3H3. The highest BCUT2D eigenvalue weighted by Crippen LogP contribution is 2.35. The average molecular weight is 492 g/mol. The first-order valence-electron chi connectivity index (χ1n) is 10.6. The van der Waals surface area contributed by atoms with E-state index >= 15 is 0 Å². The van der Waals surface area contributed by atoms with Crippen LogP contribution >= 0.6 is 11.8 Å². The third-order valence-corrected chi connectivity index (χ3v) is 6.55. The summed E-state index contributed by atoms with van der Waals surface area (Å²) >= 11 is 0.838. The number of aryl methyl sites for hydroxylation is 1. The Morgan fingerprint density at radius 3 is 2.49 bits per heavy atom. The second-order valence-electron chi connectivity index (χ2n) is 7.90. The Kier molecular flexibility index (Phi) is 6.57. The lowest BCUT2D eigenvalue weighted by Gasteiger charge is -2.12. The summed E-state index contributed by atoms with van der Waals surface area (Å²) in [6, 6.07) is 14.8. The molecule has 0 spiro atoms. The molecule has 10 heteroatoms. The number of nitro benzene ring substituents is 1. The summed E-state index contributed by atoms with van der Waals surface area (Å²) in [5.41, 5.74) is 4.23. The molecule has 0 N–H and O–H groups in total. The highest BCUT2D eigenvalue weighted by atomic mass is 32.2. The van der Waals surface area contributed by atoms with Crippen molar-refractivity contribution in [3.8, 4) is 5.69 Å². The fourth-order valence-electron chi connectivity index (χ4n) is 3.92. The van der Waals surface area contributed by atoms with Crippen LogP contribution < -0.4 is 0 Å². The zero-order valence-corrected chi connectivity index (χ0v) is 20.0. The number of esters is 1. The first-order chi connectivity index (χ1) is 16.7. The van der Waals surface area contributed by atoms with Crippen molar-refractivity contribution < 1.29 is 24.0 Å². The van der Waals surface area contributed by atoms with Gasteiger partial charge < -0.3 is 9.30 Å². The van der Waals surface area contributed by atoms with Crippen LogP contribution in [0.5, 0.6) is 0 Å². The lowest BCUT2D eigenvalue weighted by Crippen LogP contribution is -2.27. The van der Waals surface area contributed by atoms with E-state index in [0.717, 1.165) is 39.3 Å². The van der Waals surface area contributed by atoms with Crippen LogP contribution in [0.25, 0.3) is 11.8 Å². The number of amides is 2. The molecule has 0 atom stereocenters. The van der Waals surface area contributed by atoms with Gasteiger partial charge >= 0.3 is 5.97 Å². The van der Waals surface area contributed by atoms with Gasteiger partial charge in [-0.2, -0.15) is 0 Å². The minimum Gasteiger partial charge on any atom is -0.465 e. The molecular weight excluding hydrogens is 470 g/mol. The summed E-state index contributed by atoms with van der Waals surface area (Å²) in [4.78, 5) is 49.1. The molecule has 9 nitrogen and oxygen atoms in total. The Bertz CT molecular complexity index is 1390. The maximum Gasteiger partial charge on any atom is 0.337 e. The number of imide groups is 1. The molecule has 0 bridgehead atoms. The molecule has 2 heterocycles. The molecule has 1 aliphatic heterocycles. The summed E-state index contributed by atoms with van der Waals surface area (Å²) in [6.45, 7) is 3.78. The Hall–Kier alpha value is -4.18. The van der Waals surface area contributed by atoms with Gasteiger partial charge in [0.2, 0.25) is 0 Å². The lowest BCUT2D eigenvalue weighted by molar-refractivity contribution is -0.384. The van der Waals surface area contributed by atoms with Gasteiger partial charge in [-0.15, -0.1) is 0 Å². The van der Waals surface area contributed by atoms with Crippen LogP contribution in [-0.2, 0) is 16.1 Å². The maximum absolute atomic E-state index is 13.0. The van der Waals surface area contributed by atoms with Crippen molar-refractivity contribution in [3.05, 3.63) is 97.7 Å². The summed E-state index contributed by atoms with van der Waals surface area (Å²) in [5, 5.41) is 10.6. The van der Waals surface area contributed by atoms with Gasteiger partial charge in [0.25, 0.3) is 16.8 Å². The molecule has 0 unspecified atom stereocenters. The topological polar surface area (TPSA) is 112 Å². The molecule has 2 aromatic carbocycles. The van der Waals surface area contributed by atoms with E-state index in [1.165, 1.54) is 25.3 Å². The van der Waals surface area contributed by atoms with Crippen LogP contribution in [0.2, 0.25) is 0 Å². The molecule has 35 heavy (non-hydrogen) atoms. The summed E-state index contributed by atoms with van der Waals surface area (Å²) in [7, 11) is 1.33. The summed E-state index contributed by atoms with van der Waals surface area (Å²) < 4.78 is 6.73. The molecule has 3 aromatic rings. The van der Waals surface area contributed by atoms with Crippen LogP contribution in [-0.4, -0.2) is 38.6 Å². The Morgan fingerprint density at radius 2 is 1.83 bits per heavy atom. The van der Waals surface area contributed by atoms with Crippen molar-refractivity contribution in [2.24, 2.45) is 0 Å². The second-order valence-corrected chi connectivity index (χ2v) is 8.89. The van der Waals surface area contributed by atoms with Crippen molar-refractivity contribution in [2.75, 3.05) is 7.11 Å². The monoisotopic (exact) mass is 491 g/mol. The second kappa shape index (κ2) is 9.59. The molecule has 4 rings (SSSR count). The van der Waals surface area contributed by atoms with E-state index in [0.29, 0.717) is 11.1 Å². The van der Waals surface area contributed by atoms with Crippen molar-refractivity contribution >= 4 is 40.6 Å². The zero-order valence-electron chi connectivity index (χ0n) is 19.2. The van der Waals surface area contributed by atoms with Crippen LogP contribution in [0.1, 0.15) is 32.9 Å². The molecule has 178 valence electrons. The average Bonchev–Trinajstić information content (AvgIpc) is 3.27. The summed E-state index contributed by atoms with van der Waals surface area (Å²) in [6.07, 6.45) is 1.68. The van der Waals surface area contributed by atoms with Crippen molar-refractivity contribution in [2.45, 2.75) is 20.4 Å². The Morgan fingerprint density at radius 1 is 1.11 bits per heavy atom. The quantitative estimate of drug-likeness (QED) is 0.206. The predicted octanol–water partition coefficient (Wildman–Crippen LogP) is 5.03. The van der Waals surface area contributed by atoms with E-state index < -0.39 is 22.0 Å². The number of carbonyl (C=O) groups is 3. The van der Waals surface area contributed by atoms with E-state index in [9.17, 15) is 24.5 Å². The smallest absolute Gasteiger partial charge is 0.337 e. The molecule has 0 aliphatic carbocycles. The number of nitrogens with zero attached hydrogens (tertiary/aromatic N) is 3. The van der Waals surface area contributed by atoms with Gasteiger partial charge in [-0.3, -0.25) is 24.6 Å². The number of aromatic nitrogens is 1. The van der Waals surface area contributed by atoms with Crippen molar-refractivity contribution in [1.29, 1.82) is 0 Å². The third-order valence-electron chi connectivity index (χ3n) is 5.64. The van der Waals surface area contributed by atoms with Gasteiger partial charge in [0.05, 0.1) is 29.0 Å². The molecule has 1 saturated heterocycles. The van der Waals surface area contributed by atoms with Gasteiger partial charge in [0.15, 0.2) is 0 Å². The number of hydrogen-bond acceptors (Lipinski definition) is 7. The third kappa shape index (κ3) is 4.73. The number of hydrogen-bond donors (Lipinski definition) is 0. The number of carbonyl (C=O) groups excluding carboxylic acids is 3. The molecule has 1 fully saturated rings. The first-order valence-corrected chi connectivity index (χ1v) is 11.4. The summed E-state index contributed by atoms with van der Waals surface area (Å²) in [5.74, 6) is -0.863. The molecule has 1 aromatic heterocycles. The van der Waals surface area contributed by atoms with Gasteiger partial charge in [-0.05, 0) is 73.1 Å². The number of methoxy groups -OCH3 is 1. The molecule has 0 saturated carbocycles. The minimum absolute atomic E-state index is 0.0464. The molecule has 0 radical (unpaired) electrons. The maximum atomic E-state index is 13.0. The van der Waals surface area contributed by atoms with E-state index in [1.807, 2.05) is 36.6 Å². The highest BCUT2D eigenvalue weighted by Gasteiger charge is 2.35. The van der Waals surface area contributed by atoms with Crippen molar-refractivity contribution in [3.63, 3.8) is 0 Å². The van der Waals surface area contributed by atoms with E-state index in [4.69, 9.17) is 4.74 Å². The van der Waals surface area contributed by atoms with E-state index in [1.54, 1.807) is 24.3 Å². The van der Waals surface area contributed by atoms with E-state index in [-0.39, 0.29) is 17.1 Å². The number of benzene rings is 2. The van der Waals surface area contributed by atoms with Crippen LogP contribution in [0.3, 0.4) is 0 Å². The first kappa shape index (κ1) is 24.0. The van der Waals surface area contributed by atoms with E-state index in [2.05, 4.69) is 0 Å². The molecule has 1 aliphatic rings. The fraction of sp³-hybridized carbons (Fsp3) is 0.160. The highest BCUT2D eigenvalue weighted by molar-refractivity contribution is 8.18. The van der Waals surface area contributed by atoms with Gasteiger partial charge in [-0.25, -0.2) is 4.79 Å². The van der Waals surface area contributed by atoms with Gasteiger partial charge in [0, 0.05) is 29.2 Å². The Balaban J connectivity index is 1.59. The fourth-order valence-corrected chi connectivity index (χ4v) is 4.75.